The van der Waals surface area contributed by atoms with Crippen molar-refractivity contribution >= 4 is 10.6 Å². The molecule has 0 saturated heterocycles. The number of rotatable bonds is 4. The van der Waals surface area contributed by atoms with E-state index in [1.54, 1.807) is 25.6 Å². The number of halogens is 1. The van der Waals surface area contributed by atoms with Crippen molar-refractivity contribution in [1.29, 1.82) is 0 Å². The molecule has 0 saturated carbocycles. The van der Waals surface area contributed by atoms with E-state index in [1.807, 2.05) is 6.07 Å². The zero-order chi connectivity index (χ0) is 20.9. The summed E-state index contributed by atoms with van der Waals surface area (Å²) in [7, 11) is -1.61. The van der Waals surface area contributed by atoms with E-state index in [0.29, 0.717) is 5.69 Å². The molecule has 2 N–H and O–H groups in total. The monoisotopic (exact) mass is 408 g/mol. The summed E-state index contributed by atoms with van der Waals surface area (Å²) in [4.78, 5) is 0.203. The molecule has 0 bridgehead atoms. The molecule has 152 valence electrons. The third-order valence-electron chi connectivity index (χ3n) is 4.66. The number of aromatic nitrogens is 4. The molecule has 0 spiro atoms. The molecule has 2 aromatic heterocycles. The van der Waals surface area contributed by atoms with E-state index in [4.69, 9.17) is 4.42 Å². The first-order valence-corrected chi connectivity index (χ1v) is 10.3. The smallest absolute Gasteiger partial charge is 0.266 e. The molecule has 7 nitrogen and oxygen atoms in total. The minimum Gasteiger partial charge on any atom is -0.417 e. The van der Waals surface area contributed by atoms with Crippen LogP contribution in [0, 0.1) is 5.82 Å². The van der Waals surface area contributed by atoms with Gasteiger partial charge in [0.2, 0.25) is 5.89 Å². The molecule has 0 fully saturated rings. The molecule has 3 rings (SSSR count). The van der Waals surface area contributed by atoms with E-state index in [1.165, 1.54) is 24.3 Å². The normalized spacial score (nSPS) is 13.8. The molecular formula is C19H25FN4O3S. The molecule has 0 aliphatic rings. The fourth-order valence-electron chi connectivity index (χ4n) is 2.64. The van der Waals surface area contributed by atoms with Gasteiger partial charge < -0.3 is 4.42 Å². The van der Waals surface area contributed by atoms with Crippen LogP contribution in [0.5, 0.6) is 0 Å². The van der Waals surface area contributed by atoms with Crippen molar-refractivity contribution in [3.05, 3.63) is 47.7 Å². The van der Waals surface area contributed by atoms with Gasteiger partial charge in [-0.15, -0.1) is 10.2 Å². The molecule has 9 heteroatoms. The Bertz CT molecular complexity index is 988. The molecule has 0 aliphatic heterocycles. The van der Waals surface area contributed by atoms with Gasteiger partial charge in [0.1, 0.15) is 16.3 Å². The van der Waals surface area contributed by atoms with Gasteiger partial charge in [0.25, 0.3) is 5.89 Å². The first-order chi connectivity index (χ1) is 12.8. The third-order valence-corrected chi connectivity index (χ3v) is 7.19. The summed E-state index contributed by atoms with van der Waals surface area (Å²) in [5.41, 5.74) is 1.37. The molecule has 0 aliphatic carbocycles. The molecule has 3 aromatic rings. The molecule has 0 atom stereocenters. The summed E-state index contributed by atoms with van der Waals surface area (Å²) in [6, 6.07) is 6.94. The van der Waals surface area contributed by atoms with Crippen LogP contribution >= 0.6 is 10.6 Å². The number of nitrogens with zero attached hydrogens (tertiary/aromatic N) is 4. The quantitative estimate of drug-likeness (QED) is 0.634. The van der Waals surface area contributed by atoms with E-state index in [0.717, 1.165) is 5.69 Å². The van der Waals surface area contributed by atoms with Crippen LogP contribution in [0.1, 0.15) is 46.2 Å². The maximum Gasteiger partial charge on any atom is 0.266 e. The van der Waals surface area contributed by atoms with Crippen LogP contribution in [0.2, 0.25) is 0 Å². The highest BCUT2D eigenvalue weighted by Gasteiger charge is 2.42. The van der Waals surface area contributed by atoms with Crippen LogP contribution in [-0.4, -0.2) is 29.1 Å². The van der Waals surface area contributed by atoms with E-state index >= 15 is 0 Å². The summed E-state index contributed by atoms with van der Waals surface area (Å²) in [5.74, 6) is -0.143. The number of hydrogen-bond acceptors (Lipinski definition) is 6. The van der Waals surface area contributed by atoms with Crippen molar-refractivity contribution < 1.29 is 17.9 Å². The average molecular weight is 408 g/mol. The fraction of sp³-hybridized carbons (Fsp3) is 0.421. The summed E-state index contributed by atoms with van der Waals surface area (Å²) in [5, 5.41) is 12.6. The Kier molecular flexibility index (Phi) is 4.89. The Morgan fingerprint density at radius 2 is 1.64 bits per heavy atom. The van der Waals surface area contributed by atoms with E-state index in [9.17, 15) is 13.5 Å². The summed E-state index contributed by atoms with van der Waals surface area (Å²) in [6.45, 7) is 9.37. The first kappa shape index (κ1) is 20.5. The Balaban J connectivity index is 1.99. The second kappa shape index (κ2) is 6.68. The molecule has 0 radical (unpaired) electrons. The van der Waals surface area contributed by atoms with Gasteiger partial charge in [0, 0.05) is 12.5 Å². The minimum absolute atomic E-state index is 0.0744. The summed E-state index contributed by atoms with van der Waals surface area (Å²) >= 11 is 0. The Labute approximate surface area is 165 Å². The lowest BCUT2D eigenvalue weighted by Crippen LogP contribution is -2.26. The van der Waals surface area contributed by atoms with Crippen molar-refractivity contribution in [3.63, 3.8) is 0 Å². The van der Waals surface area contributed by atoms with Crippen molar-refractivity contribution in [2.45, 2.75) is 49.7 Å². The van der Waals surface area contributed by atoms with Gasteiger partial charge in [0.15, 0.2) is 0 Å². The van der Waals surface area contributed by atoms with E-state index in [-0.39, 0.29) is 22.1 Å². The average Bonchev–Trinajstić information content (AvgIpc) is 3.21. The Hall–Kier alpha value is -2.23. The van der Waals surface area contributed by atoms with Crippen molar-refractivity contribution in [2.24, 2.45) is 7.05 Å². The highest BCUT2D eigenvalue weighted by Crippen LogP contribution is 2.63. The number of hydrogen-bond donors (Lipinski definition) is 2. The molecular weight excluding hydrogens is 383 g/mol. The van der Waals surface area contributed by atoms with Crippen LogP contribution in [-0.2, 0) is 17.2 Å². The maximum absolute atomic E-state index is 13.2. The summed E-state index contributed by atoms with van der Waals surface area (Å²) < 4.78 is 41.2. The lowest BCUT2D eigenvalue weighted by Gasteiger charge is -2.44. The lowest BCUT2D eigenvalue weighted by molar-refractivity contribution is 0.393. The van der Waals surface area contributed by atoms with Crippen LogP contribution in [0.4, 0.5) is 4.39 Å². The third kappa shape index (κ3) is 3.45. The molecule has 0 amide bonds. The first-order valence-electron chi connectivity index (χ1n) is 8.76. The zero-order valence-electron chi connectivity index (χ0n) is 16.8. The maximum atomic E-state index is 13.2. The van der Waals surface area contributed by atoms with Crippen molar-refractivity contribution in [1.82, 2.24) is 20.0 Å². The SMILES string of the molecule is Cn1nc(C(C)(C)C)cc1-c1nnc(C(C)(C)S(O)(O)c2ccc(F)cc2)o1. The Morgan fingerprint density at radius 3 is 2.18 bits per heavy atom. The Morgan fingerprint density at radius 1 is 1.04 bits per heavy atom. The predicted molar refractivity (Wildman–Crippen MR) is 106 cm³/mol. The molecule has 1 aromatic carbocycles. The van der Waals surface area contributed by atoms with Crippen molar-refractivity contribution in [2.75, 3.05) is 0 Å². The number of aryl methyl sites for hydroxylation is 1. The van der Waals surface area contributed by atoms with Crippen LogP contribution in [0.3, 0.4) is 0 Å². The minimum atomic E-state index is -3.39. The largest absolute Gasteiger partial charge is 0.417 e. The zero-order valence-corrected chi connectivity index (χ0v) is 17.6. The highest BCUT2D eigenvalue weighted by molar-refractivity contribution is 8.25. The van der Waals surface area contributed by atoms with Gasteiger partial charge in [-0.3, -0.25) is 13.8 Å². The fourth-order valence-corrected chi connectivity index (χ4v) is 4.08. The van der Waals surface area contributed by atoms with Crippen LogP contribution in [0.15, 0.2) is 39.6 Å². The van der Waals surface area contributed by atoms with Gasteiger partial charge in [-0.2, -0.15) is 15.7 Å². The molecule has 28 heavy (non-hydrogen) atoms. The predicted octanol–water partition coefficient (Wildman–Crippen LogP) is 4.95. The van der Waals surface area contributed by atoms with Gasteiger partial charge in [-0.1, -0.05) is 20.8 Å². The topological polar surface area (TPSA) is 97.2 Å². The van der Waals surface area contributed by atoms with Gasteiger partial charge in [-0.25, -0.2) is 4.39 Å². The van der Waals surface area contributed by atoms with Gasteiger partial charge in [0.05, 0.1) is 10.6 Å². The summed E-state index contributed by atoms with van der Waals surface area (Å²) in [6.07, 6.45) is 0. The van der Waals surface area contributed by atoms with Crippen LogP contribution in [0.25, 0.3) is 11.6 Å². The second-order valence-corrected chi connectivity index (χ2v) is 10.8. The van der Waals surface area contributed by atoms with Crippen LogP contribution < -0.4 is 0 Å². The van der Waals surface area contributed by atoms with Crippen molar-refractivity contribution in [3.8, 4) is 11.6 Å². The molecule has 0 unspecified atom stereocenters. The molecule has 2 heterocycles. The van der Waals surface area contributed by atoms with E-state index < -0.39 is 21.2 Å². The van der Waals surface area contributed by atoms with Gasteiger partial charge >= 0.3 is 0 Å². The second-order valence-electron chi connectivity index (χ2n) is 8.21. The standard InChI is InChI=1S/C19H25FN4O3S/c1-18(2,3)15-11-14(24(6)23-15)16-21-22-17(27-16)19(4,5)28(25,26)13-9-7-12(20)8-10-13/h7-11,25-26H,1-6H3. The highest BCUT2D eigenvalue weighted by atomic mass is 32.3. The lowest BCUT2D eigenvalue weighted by atomic mass is 9.92. The van der Waals surface area contributed by atoms with E-state index in [2.05, 4.69) is 36.1 Å². The van der Waals surface area contributed by atoms with Gasteiger partial charge in [-0.05, 0) is 44.2 Å². The number of benzene rings is 1.